The summed E-state index contributed by atoms with van der Waals surface area (Å²) in [5.74, 6) is 1.51. The molecule has 21 heavy (non-hydrogen) atoms. The molecule has 0 unspecified atom stereocenters. The van der Waals surface area contributed by atoms with Gasteiger partial charge in [-0.1, -0.05) is 6.07 Å². The Labute approximate surface area is 127 Å². The molecule has 0 saturated carbocycles. The van der Waals surface area contributed by atoms with Crippen molar-refractivity contribution in [2.75, 3.05) is 20.1 Å². The van der Waals surface area contributed by atoms with Gasteiger partial charge in [-0.2, -0.15) is 0 Å². The number of piperidine rings is 1. The van der Waals surface area contributed by atoms with Gasteiger partial charge in [0.2, 0.25) is 0 Å². The SMILES string of the molecule is CN1CCC(c2ncc3[nH]c(-c4cccs4)cc3n2)CC1. The van der Waals surface area contributed by atoms with Crippen LogP contribution in [0.5, 0.6) is 0 Å². The second kappa shape index (κ2) is 5.24. The van der Waals surface area contributed by atoms with Crippen LogP contribution >= 0.6 is 11.3 Å². The first-order valence-electron chi connectivity index (χ1n) is 7.38. The van der Waals surface area contributed by atoms with Crippen molar-refractivity contribution in [3.05, 3.63) is 35.6 Å². The summed E-state index contributed by atoms with van der Waals surface area (Å²) >= 11 is 1.74. The van der Waals surface area contributed by atoms with Crippen molar-refractivity contribution in [3.8, 4) is 10.6 Å². The summed E-state index contributed by atoms with van der Waals surface area (Å²) in [6.45, 7) is 2.28. The fourth-order valence-electron chi connectivity index (χ4n) is 2.96. The van der Waals surface area contributed by atoms with Gasteiger partial charge in [0.25, 0.3) is 0 Å². The van der Waals surface area contributed by atoms with Crippen LogP contribution < -0.4 is 0 Å². The number of H-pyrrole nitrogens is 1. The van der Waals surface area contributed by atoms with Crippen LogP contribution in [0.4, 0.5) is 0 Å². The lowest BCUT2D eigenvalue weighted by atomic mass is 9.96. The van der Waals surface area contributed by atoms with Crippen LogP contribution in [0.15, 0.2) is 29.8 Å². The Bertz CT molecular complexity index is 739. The van der Waals surface area contributed by atoms with Gasteiger partial charge in [-0.15, -0.1) is 11.3 Å². The van der Waals surface area contributed by atoms with E-state index < -0.39 is 0 Å². The summed E-state index contributed by atoms with van der Waals surface area (Å²) in [5, 5.41) is 2.09. The highest BCUT2D eigenvalue weighted by molar-refractivity contribution is 7.13. The number of fused-ring (bicyclic) bond motifs is 1. The molecule has 4 rings (SSSR count). The highest BCUT2D eigenvalue weighted by Crippen LogP contribution is 2.29. The number of nitrogens with zero attached hydrogens (tertiary/aromatic N) is 3. The Morgan fingerprint density at radius 2 is 2.19 bits per heavy atom. The van der Waals surface area contributed by atoms with Crippen LogP contribution in [0.1, 0.15) is 24.6 Å². The molecule has 4 heterocycles. The molecule has 0 amide bonds. The standard InChI is InChI=1S/C16H18N4S/c1-20-6-4-11(5-7-20)16-17-10-14-12(19-16)9-13(18-14)15-3-2-8-21-15/h2-3,8-11,18H,4-7H2,1H3. The largest absolute Gasteiger partial charge is 0.351 e. The first-order chi connectivity index (χ1) is 10.3. The highest BCUT2D eigenvalue weighted by Gasteiger charge is 2.21. The Morgan fingerprint density at radius 3 is 2.95 bits per heavy atom. The Hall–Kier alpha value is -1.72. The van der Waals surface area contributed by atoms with Crippen molar-refractivity contribution in [1.29, 1.82) is 0 Å². The second-order valence-electron chi connectivity index (χ2n) is 5.76. The maximum Gasteiger partial charge on any atom is 0.132 e. The molecule has 0 spiro atoms. The molecule has 0 atom stereocenters. The number of nitrogens with one attached hydrogen (secondary N) is 1. The zero-order chi connectivity index (χ0) is 14.2. The molecule has 0 radical (unpaired) electrons. The minimum absolute atomic E-state index is 0.505. The number of aromatic amines is 1. The van der Waals surface area contributed by atoms with Gasteiger partial charge in [-0.05, 0) is 50.5 Å². The highest BCUT2D eigenvalue weighted by atomic mass is 32.1. The number of hydrogen-bond donors (Lipinski definition) is 1. The third-order valence-corrected chi connectivity index (χ3v) is 5.16. The third-order valence-electron chi connectivity index (χ3n) is 4.26. The fourth-order valence-corrected chi connectivity index (χ4v) is 3.66. The fraction of sp³-hybridized carbons (Fsp3) is 0.375. The molecule has 1 saturated heterocycles. The minimum atomic E-state index is 0.505. The summed E-state index contributed by atoms with van der Waals surface area (Å²) in [6.07, 6.45) is 4.25. The van der Waals surface area contributed by atoms with Crippen molar-refractivity contribution in [2.24, 2.45) is 0 Å². The van der Waals surface area contributed by atoms with Crippen molar-refractivity contribution in [1.82, 2.24) is 19.9 Å². The normalized spacial score (nSPS) is 17.6. The first-order valence-corrected chi connectivity index (χ1v) is 8.25. The van der Waals surface area contributed by atoms with E-state index in [4.69, 9.17) is 4.98 Å². The molecule has 1 aliphatic heterocycles. The molecule has 4 nitrogen and oxygen atoms in total. The smallest absolute Gasteiger partial charge is 0.132 e. The van der Waals surface area contributed by atoms with Crippen LogP contribution in [-0.4, -0.2) is 40.0 Å². The average Bonchev–Trinajstić information content (AvgIpc) is 3.16. The average molecular weight is 298 g/mol. The molecule has 1 fully saturated rings. The number of thiophene rings is 1. The van der Waals surface area contributed by atoms with E-state index in [0.717, 1.165) is 48.5 Å². The van der Waals surface area contributed by atoms with E-state index in [9.17, 15) is 0 Å². The van der Waals surface area contributed by atoms with E-state index in [-0.39, 0.29) is 0 Å². The zero-order valence-electron chi connectivity index (χ0n) is 12.0. The molecule has 108 valence electrons. The van der Waals surface area contributed by atoms with Gasteiger partial charge in [0.05, 0.1) is 27.8 Å². The Kier molecular flexibility index (Phi) is 3.24. The lowest BCUT2D eigenvalue weighted by Gasteiger charge is -2.27. The molecule has 3 aromatic rings. The Morgan fingerprint density at radius 1 is 1.33 bits per heavy atom. The molecule has 5 heteroatoms. The second-order valence-corrected chi connectivity index (χ2v) is 6.71. The third kappa shape index (κ3) is 2.47. The lowest BCUT2D eigenvalue weighted by molar-refractivity contribution is 0.251. The summed E-state index contributed by atoms with van der Waals surface area (Å²) in [6, 6.07) is 6.34. The molecule has 0 aromatic carbocycles. The summed E-state index contributed by atoms with van der Waals surface area (Å²) in [5.41, 5.74) is 3.19. The van der Waals surface area contributed by atoms with E-state index in [1.165, 1.54) is 4.88 Å². The summed E-state index contributed by atoms with van der Waals surface area (Å²) in [7, 11) is 2.18. The van der Waals surface area contributed by atoms with E-state index in [1.807, 2.05) is 6.20 Å². The predicted molar refractivity (Wildman–Crippen MR) is 86.7 cm³/mol. The number of likely N-dealkylation sites (tertiary alicyclic amines) is 1. The molecule has 1 aliphatic rings. The van der Waals surface area contributed by atoms with Gasteiger partial charge in [0.1, 0.15) is 5.82 Å². The minimum Gasteiger partial charge on any atom is -0.351 e. The monoisotopic (exact) mass is 298 g/mol. The van der Waals surface area contributed by atoms with Gasteiger partial charge in [0, 0.05) is 5.92 Å². The molecular weight excluding hydrogens is 280 g/mol. The van der Waals surface area contributed by atoms with E-state index >= 15 is 0 Å². The molecular formula is C16H18N4S. The van der Waals surface area contributed by atoms with Crippen LogP contribution in [0.2, 0.25) is 0 Å². The molecule has 0 bridgehead atoms. The number of hydrogen-bond acceptors (Lipinski definition) is 4. The number of rotatable bonds is 2. The quantitative estimate of drug-likeness (QED) is 0.787. The van der Waals surface area contributed by atoms with E-state index in [0.29, 0.717) is 5.92 Å². The van der Waals surface area contributed by atoms with Gasteiger partial charge in [0.15, 0.2) is 0 Å². The molecule has 0 aliphatic carbocycles. The van der Waals surface area contributed by atoms with Crippen molar-refractivity contribution < 1.29 is 0 Å². The van der Waals surface area contributed by atoms with Crippen LogP contribution in [-0.2, 0) is 0 Å². The van der Waals surface area contributed by atoms with Gasteiger partial charge >= 0.3 is 0 Å². The first kappa shape index (κ1) is 13.0. The van der Waals surface area contributed by atoms with Crippen LogP contribution in [0.25, 0.3) is 21.6 Å². The van der Waals surface area contributed by atoms with Crippen molar-refractivity contribution in [3.63, 3.8) is 0 Å². The van der Waals surface area contributed by atoms with Gasteiger partial charge in [-0.25, -0.2) is 9.97 Å². The topological polar surface area (TPSA) is 44.8 Å². The molecule has 3 aromatic heterocycles. The van der Waals surface area contributed by atoms with Crippen molar-refractivity contribution in [2.45, 2.75) is 18.8 Å². The van der Waals surface area contributed by atoms with Crippen LogP contribution in [0.3, 0.4) is 0 Å². The lowest BCUT2D eigenvalue weighted by Crippen LogP contribution is -2.29. The predicted octanol–water partition coefficient (Wildman–Crippen LogP) is 3.50. The van der Waals surface area contributed by atoms with E-state index in [2.05, 4.69) is 45.5 Å². The summed E-state index contributed by atoms with van der Waals surface area (Å²) < 4.78 is 0. The Balaban J connectivity index is 1.66. The number of aromatic nitrogens is 3. The van der Waals surface area contributed by atoms with E-state index in [1.54, 1.807) is 11.3 Å². The van der Waals surface area contributed by atoms with Crippen molar-refractivity contribution >= 4 is 22.4 Å². The van der Waals surface area contributed by atoms with Gasteiger partial charge in [-0.3, -0.25) is 0 Å². The maximum atomic E-state index is 4.80. The molecule has 1 N–H and O–H groups in total. The van der Waals surface area contributed by atoms with Gasteiger partial charge < -0.3 is 9.88 Å². The zero-order valence-corrected chi connectivity index (χ0v) is 12.9. The summed E-state index contributed by atoms with van der Waals surface area (Å²) in [4.78, 5) is 16.4. The van der Waals surface area contributed by atoms with Crippen LogP contribution in [0, 0.1) is 0 Å². The maximum absolute atomic E-state index is 4.80.